The monoisotopic (exact) mass is 374 g/mol. The first-order chi connectivity index (χ1) is 11.4. The van der Waals surface area contributed by atoms with Crippen LogP contribution in [0.25, 0.3) is 0 Å². The van der Waals surface area contributed by atoms with Gasteiger partial charge < -0.3 is 10.1 Å². The molecule has 0 aliphatic carbocycles. The molecule has 1 aromatic carbocycles. The molecule has 1 aromatic rings. The van der Waals surface area contributed by atoms with Crippen LogP contribution in [-0.2, 0) is 14.8 Å². The van der Waals surface area contributed by atoms with E-state index in [1.54, 1.807) is 24.3 Å². The molecular formula is C16H23ClN2O4S. The average Bonchev–Trinajstić information content (AvgIpc) is 3.03. The van der Waals surface area contributed by atoms with Crippen molar-refractivity contribution in [3.05, 3.63) is 29.3 Å². The van der Waals surface area contributed by atoms with E-state index in [1.807, 2.05) is 6.92 Å². The summed E-state index contributed by atoms with van der Waals surface area (Å²) in [6.07, 6.45) is 1.82. The van der Waals surface area contributed by atoms with Crippen LogP contribution in [0.15, 0.2) is 24.3 Å². The predicted octanol–water partition coefficient (Wildman–Crippen LogP) is 2.04. The highest BCUT2D eigenvalue weighted by Crippen LogP contribution is 2.22. The summed E-state index contributed by atoms with van der Waals surface area (Å²) in [5.74, 6) is 0.491. The van der Waals surface area contributed by atoms with Crippen molar-refractivity contribution in [2.24, 2.45) is 0 Å². The Morgan fingerprint density at radius 1 is 1.38 bits per heavy atom. The number of hydrogen-bond donors (Lipinski definition) is 1. The molecule has 8 heteroatoms. The molecule has 6 nitrogen and oxygen atoms in total. The lowest BCUT2D eigenvalue weighted by Gasteiger charge is -2.23. The van der Waals surface area contributed by atoms with Crippen LogP contribution in [0.4, 0.5) is 0 Å². The molecule has 0 aromatic heterocycles. The number of sulfonamides is 1. The summed E-state index contributed by atoms with van der Waals surface area (Å²) in [6, 6.07) is 6.35. The molecule has 0 spiro atoms. The Bertz CT molecular complexity index is 649. The second kappa shape index (κ2) is 8.69. The highest BCUT2D eigenvalue weighted by atomic mass is 35.5. The summed E-state index contributed by atoms with van der Waals surface area (Å²) in [6.45, 7) is 2.86. The number of ether oxygens (including phenoxy) is 1. The van der Waals surface area contributed by atoms with E-state index in [4.69, 9.17) is 16.3 Å². The third kappa shape index (κ3) is 5.09. The molecule has 1 unspecified atom stereocenters. The lowest BCUT2D eigenvalue weighted by molar-refractivity contribution is -0.124. The summed E-state index contributed by atoms with van der Waals surface area (Å²) < 4.78 is 31.2. The van der Waals surface area contributed by atoms with Gasteiger partial charge in [-0.05, 0) is 43.5 Å². The van der Waals surface area contributed by atoms with Gasteiger partial charge in [-0.3, -0.25) is 4.79 Å². The fourth-order valence-corrected chi connectivity index (χ4v) is 4.57. The molecule has 134 valence electrons. The number of rotatable bonds is 8. The molecule has 1 amide bonds. The van der Waals surface area contributed by atoms with Crippen LogP contribution in [0.2, 0.25) is 5.02 Å². The van der Waals surface area contributed by atoms with E-state index in [0.29, 0.717) is 49.7 Å². The fraction of sp³-hybridized carbons (Fsp3) is 0.562. The number of benzene rings is 1. The van der Waals surface area contributed by atoms with Crippen LogP contribution < -0.4 is 10.1 Å². The number of halogens is 1. The van der Waals surface area contributed by atoms with Crippen LogP contribution in [0.5, 0.6) is 5.75 Å². The van der Waals surface area contributed by atoms with Crippen molar-refractivity contribution >= 4 is 27.5 Å². The number of nitrogens with zero attached hydrogens (tertiary/aromatic N) is 1. The van der Waals surface area contributed by atoms with Crippen LogP contribution in [0.3, 0.4) is 0 Å². The second-order valence-electron chi connectivity index (χ2n) is 5.68. The third-order valence-electron chi connectivity index (χ3n) is 3.81. The molecule has 1 saturated heterocycles. The molecule has 24 heavy (non-hydrogen) atoms. The summed E-state index contributed by atoms with van der Waals surface area (Å²) >= 11 is 5.79. The van der Waals surface area contributed by atoms with Crippen molar-refractivity contribution in [2.75, 3.05) is 25.4 Å². The topological polar surface area (TPSA) is 75.7 Å². The Kier molecular flexibility index (Phi) is 6.89. The maximum absolute atomic E-state index is 12.3. The van der Waals surface area contributed by atoms with Gasteiger partial charge in [-0.25, -0.2) is 8.42 Å². The van der Waals surface area contributed by atoms with Gasteiger partial charge in [0.15, 0.2) is 0 Å². The molecule has 2 rings (SSSR count). The zero-order valence-corrected chi connectivity index (χ0v) is 15.3. The van der Waals surface area contributed by atoms with E-state index in [-0.39, 0.29) is 11.7 Å². The second-order valence-corrected chi connectivity index (χ2v) is 8.16. The quantitative estimate of drug-likeness (QED) is 0.706. The van der Waals surface area contributed by atoms with E-state index in [0.717, 1.165) is 0 Å². The molecule has 1 fully saturated rings. The van der Waals surface area contributed by atoms with Gasteiger partial charge in [0.25, 0.3) is 0 Å². The Morgan fingerprint density at radius 2 is 2.08 bits per heavy atom. The number of amides is 1. The minimum Gasteiger partial charge on any atom is -0.492 e. The lowest BCUT2D eigenvalue weighted by atomic mass is 10.2. The van der Waals surface area contributed by atoms with E-state index in [9.17, 15) is 13.2 Å². The molecule has 0 bridgehead atoms. The maximum atomic E-state index is 12.3. The van der Waals surface area contributed by atoms with Crippen molar-refractivity contribution in [3.63, 3.8) is 0 Å². The number of nitrogens with one attached hydrogen (secondary N) is 1. The van der Waals surface area contributed by atoms with E-state index < -0.39 is 16.1 Å². The summed E-state index contributed by atoms with van der Waals surface area (Å²) in [5.41, 5.74) is 0. The van der Waals surface area contributed by atoms with Gasteiger partial charge in [0.2, 0.25) is 15.9 Å². The van der Waals surface area contributed by atoms with Crippen molar-refractivity contribution in [1.29, 1.82) is 0 Å². The summed E-state index contributed by atoms with van der Waals surface area (Å²) in [4.78, 5) is 12.3. The Labute approximate surface area is 148 Å². The lowest BCUT2D eigenvalue weighted by Crippen LogP contribution is -2.47. The molecule has 1 N–H and O–H groups in total. The third-order valence-corrected chi connectivity index (χ3v) is 6.14. The van der Waals surface area contributed by atoms with E-state index >= 15 is 0 Å². The van der Waals surface area contributed by atoms with Gasteiger partial charge in [-0.2, -0.15) is 4.31 Å². The molecule has 0 radical (unpaired) electrons. The molecule has 1 heterocycles. The smallest absolute Gasteiger partial charge is 0.238 e. The number of carbonyl (C=O) groups excluding carboxylic acids is 1. The largest absolute Gasteiger partial charge is 0.492 e. The van der Waals surface area contributed by atoms with Crippen LogP contribution in [0.1, 0.15) is 26.2 Å². The van der Waals surface area contributed by atoms with Crippen molar-refractivity contribution in [3.8, 4) is 5.75 Å². The van der Waals surface area contributed by atoms with Crippen molar-refractivity contribution < 1.29 is 17.9 Å². The first-order valence-electron chi connectivity index (χ1n) is 8.09. The first-order valence-corrected chi connectivity index (χ1v) is 10.1. The van der Waals surface area contributed by atoms with Gasteiger partial charge >= 0.3 is 0 Å². The van der Waals surface area contributed by atoms with Crippen LogP contribution in [0, 0.1) is 0 Å². The molecule has 1 atom stereocenters. The van der Waals surface area contributed by atoms with Gasteiger partial charge in [-0.15, -0.1) is 0 Å². The zero-order valence-electron chi connectivity index (χ0n) is 13.7. The van der Waals surface area contributed by atoms with Gasteiger partial charge in [0.1, 0.15) is 18.4 Å². The minimum atomic E-state index is -3.35. The standard InChI is InChI=1S/C16H23ClN2O4S/c1-2-12-24(21,22)19-10-3-4-15(19)16(20)18-9-11-23-14-7-5-13(17)6-8-14/h5-8,15H,2-4,9-12H2,1H3,(H,18,20). The average molecular weight is 375 g/mol. The summed E-state index contributed by atoms with van der Waals surface area (Å²) in [7, 11) is -3.35. The Hall–Kier alpha value is -1.31. The van der Waals surface area contributed by atoms with Gasteiger partial charge in [-0.1, -0.05) is 18.5 Å². The fourth-order valence-electron chi connectivity index (χ4n) is 2.70. The maximum Gasteiger partial charge on any atom is 0.238 e. The molecular weight excluding hydrogens is 352 g/mol. The zero-order chi connectivity index (χ0) is 17.6. The molecule has 0 saturated carbocycles. The molecule has 1 aliphatic heterocycles. The van der Waals surface area contributed by atoms with Gasteiger partial charge in [0, 0.05) is 11.6 Å². The first kappa shape index (κ1) is 19.0. The predicted molar refractivity (Wildman–Crippen MR) is 93.8 cm³/mol. The number of carbonyl (C=O) groups is 1. The van der Waals surface area contributed by atoms with Gasteiger partial charge in [0.05, 0.1) is 12.3 Å². The Balaban J connectivity index is 1.80. The molecule has 1 aliphatic rings. The van der Waals surface area contributed by atoms with Crippen molar-refractivity contribution in [1.82, 2.24) is 9.62 Å². The highest BCUT2D eigenvalue weighted by molar-refractivity contribution is 7.89. The number of hydrogen-bond acceptors (Lipinski definition) is 4. The SMILES string of the molecule is CCCS(=O)(=O)N1CCCC1C(=O)NCCOc1ccc(Cl)cc1. The van der Waals surface area contributed by atoms with E-state index in [1.165, 1.54) is 4.31 Å². The van der Waals surface area contributed by atoms with Crippen molar-refractivity contribution in [2.45, 2.75) is 32.2 Å². The van der Waals surface area contributed by atoms with Crippen LogP contribution >= 0.6 is 11.6 Å². The highest BCUT2D eigenvalue weighted by Gasteiger charge is 2.37. The van der Waals surface area contributed by atoms with Crippen LogP contribution in [-0.4, -0.2) is 50.1 Å². The minimum absolute atomic E-state index is 0.0798. The normalized spacial score (nSPS) is 18.5. The Morgan fingerprint density at radius 3 is 2.75 bits per heavy atom. The summed E-state index contributed by atoms with van der Waals surface area (Å²) in [5, 5.41) is 3.38. The van der Waals surface area contributed by atoms with E-state index in [2.05, 4.69) is 5.32 Å².